The number of methoxy groups -OCH3 is 1. The Kier molecular flexibility index (Phi) is 14.2. The third kappa shape index (κ3) is 11.2. The van der Waals surface area contributed by atoms with Crippen molar-refractivity contribution in [3.63, 3.8) is 0 Å². The van der Waals surface area contributed by atoms with Crippen LogP contribution in [0.1, 0.15) is 113 Å². The van der Waals surface area contributed by atoms with Gasteiger partial charge in [-0.1, -0.05) is 102 Å². The number of Topliss-reactive ketones (excluding diaryl/α,β-unsaturated/α-hetero) is 1. The van der Waals surface area contributed by atoms with Crippen molar-refractivity contribution in [2.24, 2.45) is 5.92 Å². The van der Waals surface area contributed by atoms with Gasteiger partial charge in [0.15, 0.2) is 5.78 Å². The van der Waals surface area contributed by atoms with Crippen molar-refractivity contribution in [1.29, 1.82) is 0 Å². The fourth-order valence-corrected chi connectivity index (χ4v) is 3.79. The predicted molar refractivity (Wildman–Crippen MR) is 121 cm³/mol. The van der Waals surface area contributed by atoms with Gasteiger partial charge in [-0.05, 0) is 24.8 Å². The molecule has 1 rings (SSSR count). The number of rotatable bonds is 17. The summed E-state index contributed by atoms with van der Waals surface area (Å²) in [5.74, 6) is 0.0155. The van der Waals surface area contributed by atoms with E-state index in [0.717, 1.165) is 36.8 Å². The van der Waals surface area contributed by atoms with Crippen molar-refractivity contribution in [3.05, 3.63) is 35.4 Å². The summed E-state index contributed by atoms with van der Waals surface area (Å²) in [6.45, 7) is 4.42. The molecule has 3 nitrogen and oxygen atoms in total. The van der Waals surface area contributed by atoms with E-state index in [1.54, 1.807) is 0 Å². The Morgan fingerprint density at radius 3 is 1.93 bits per heavy atom. The number of carbonyl (C=O) groups excluding carboxylic acids is 2. The summed E-state index contributed by atoms with van der Waals surface area (Å²) in [6.07, 6.45) is 15.3. The van der Waals surface area contributed by atoms with Gasteiger partial charge in [-0.15, -0.1) is 0 Å². The molecule has 0 spiro atoms. The highest BCUT2D eigenvalue weighted by Crippen LogP contribution is 2.20. The second-order valence-electron chi connectivity index (χ2n) is 8.26. The lowest BCUT2D eigenvalue weighted by Gasteiger charge is -2.15. The molecule has 0 fully saturated rings. The Morgan fingerprint density at radius 2 is 1.34 bits per heavy atom. The van der Waals surface area contributed by atoms with Crippen LogP contribution in [-0.2, 0) is 16.0 Å². The average molecular weight is 403 g/mol. The lowest BCUT2D eigenvalue weighted by atomic mass is 9.92. The van der Waals surface area contributed by atoms with Gasteiger partial charge in [-0.25, -0.2) is 0 Å². The molecular formula is C26H42O3. The van der Waals surface area contributed by atoms with E-state index in [4.69, 9.17) is 4.74 Å². The van der Waals surface area contributed by atoms with Crippen molar-refractivity contribution in [2.45, 2.75) is 104 Å². The van der Waals surface area contributed by atoms with Crippen LogP contribution in [0.3, 0.4) is 0 Å². The molecule has 1 atom stereocenters. The number of hydrogen-bond acceptors (Lipinski definition) is 3. The zero-order valence-electron chi connectivity index (χ0n) is 19.0. The van der Waals surface area contributed by atoms with Gasteiger partial charge in [-0.2, -0.15) is 0 Å². The van der Waals surface area contributed by atoms with Gasteiger partial charge >= 0.3 is 5.97 Å². The van der Waals surface area contributed by atoms with Crippen molar-refractivity contribution in [2.75, 3.05) is 7.11 Å². The molecule has 1 aromatic carbocycles. The van der Waals surface area contributed by atoms with Crippen molar-refractivity contribution in [1.82, 2.24) is 0 Å². The Bertz CT molecular complexity index is 562. The zero-order chi connectivity index (χ0) is 21.3. The van der Waals surface area contributed by atoms with Gasteiger partial charge in [0.2, 0.25) is 0 Å². The monoisotopic (exact) mass is 402 g/mol. The summed E-state index contributed by atoms with van der Waals surface area (Å²) < 4.78 is 5.02. The maximum atomic E-state index is 12.3. The molecule has 1 unspecified atom stereocenters. The molecule has 0 saturated carbocycles. The molecule has 164 valence electrons. The number of ether oxygens (including phenoxy) is 1. The highest BCUT2D eigenvalue weighted by molar-refractivity contribution is 5.96. The quantitative estimate of drug-likeness (QED) is 0.156. The summed E-state index contributed by atoms with van der Waals surface area (Å²) in [5.41, 5.74) is 1.89. The standard InChI is InChI=1S/C26H42O3/c1-4-6-8-10-12-13-15-24(26(28)29-3)21-22-17-19-23(20-18-22)25(27)16-14-11-9-7-5-2/h17-20,24H,4-16,21H2,1-3H3. The summed E-state index contributed by atoms with van der Waals surface area (Å²) >= 11 is 0. The van der Waals surface area contributed by atoms with Gasteiger partial charge in [0, 0.05) is 12.0 Å². The normalized spacial score (nSPS) is 12.0. The first-order valence-electron chi connectivity index (χ1n) is 11.8. The van der Waals surface area contributed by atoms with Crippen LogP contribution in [0.2, 0.25) is 0 Å². The van der Waals surface area contributed by atoms with E-state index in [2.05, 4.69) is 13.8 Å². The minimum absolute atomic E-state index is 0.0914. The molecular weight excluding hydrogens is 360 g/mol. The molecule has 0 aromatic heterocycles. The van der Waals surface area contributed by atoms with Crippen LogP contribution in [0.25, 0.3) is 0 Å². The molecule has 0 aliphatic rings. The molecule has 0 aliphatic carbocycles. The van der Waals surface area contributed by atoms with Crippen LogP contribution >= 0.6 is 0 Å². The van der Waals surface area contributed by atoms with Crippen LogP contribution in [0.15, 0.2) is 24.3 Å². The minimum Gasteiger partial charge on any atom is -0.469 e. The second kappa shape index (κ2) is 16.2. The van der Waals surface area contributed by atoms with Crippen LogP contribution < -0.4 is 0 Å². The molecule has 0 bridgehead atoms. The number of hydrogen-bond donors (Lipinski definition) is 0. The highest BCUT2D eigenvalue weighted by Gasteiger charge is 2.19. The molecule has 0 aliphatic heterocycles. The molecule has 3 heteroatoms. The van der Waals surface area contributed by atoms with Crippen LogP contribution in [-0.4, -0.2) is 18.9 Å². The van der Waals surface area contributed by atoms with Crippen LogP contribution in [0, 0.1) is 5.92 Å². The first-order valence-corrected chi connectivity index (χ1v) is 11.8. The molecule has 0 heterocycles. The Morgan fingerprint density at radius 1 is 0.793 bits per heavy atom. The van der Waals surface area contributed by atoms with E-state index in [9.17, 15) is 9.59 Å². The smallest absolute Gasteiger partial charge is 0.308 e. The van der Waals surface area contributed by atoms with E-state index in [1.807, 2.05) is 24.3 Å². The fourth-order valence-electron chi connectivity index (χ4n) is 3.79. The maximum Gasteiger partial charge on any atom is 0.308 e. The minimum atomic E-state index is -0.120. The first kappa shape index (κ1) is 25.4. The van der Waals surface area contributed by atoms with Gasteiger partial charge in [0.05, 0.1) is 13.0 Å². The summed E-state index contributed by atoms with van der Waals surface area (Å²) in [4.78, 5) is 24.5. The zero-order valence-corrected chi connectivity index (χ0v) is 19.0. The van der Waals surface area contributed by atoms with Gasteiger partial charge in [0.25, 0.3) is 0 Å². The number of ketones is 1. The van der Waals surface area contributed by atoms with Crippen LogP contribution in [0.5, 0.6) is 0 Å². The Hall–Kier alpha value is -1.64. The summed E-state index contributed by atoms with van der Waals surface area (Å²) in [7, 11) is 1.47. The average Bonchev–Trinajstić information content (AvgIpc) is 2.74. The summed E-state index contributed by atoms with van der Waals surface area (Å²) in [5, 5.41) is 0. The number of unbranched alkanes of at least 4 members (excludes halogenated alkanes) is 9. The lowest BCUT2D eigenvalue weighted by Crippen LogP contribution is -2.19. The maximum absolute atomic E-state index is 12.3. The SMILES string of the molecule is CCCCCCCCC(Cc1ccc(C(=O)CCCCCCC)cc1)C(=O)OC. The second-order valence-corrected chi connectivity index (χ2v) is 8.26. The Labute approximate surface area is 178 Å². The van der Waals surface area contributed by atoms with Crippen molar-refractivity contribution in [3.8, 4) is 0 Å². The molecule has 0 saturated heterocycles. The molecule has 1 aromatic rings. The van der Waals surface area contributed by atoms with E-state index < -0.39 is 0 Å². The third-order valence-corrected chi connectivity index (χ3v) is 5.71. The molecule has 29 heavy (non-hydrogen) atoms. The molecule has 0 amide bonds. The number of benzene rings is 1. The van der Waals surface area contributed by atoms with E-state index in [1.165, 1.54) is 58.5 Å². The molecule has 0 N–H and O–H groups in total. The number of carbonyl (C=O) groups is 2. The third-order valence-electron chi connectivity index (χ3n) is 5.71. The topological polar surface area (TPSA) is 43.4 Å². The van der Waals surface area contributed by atoms with Gasteiger partial charge in [0.1, 0.15) is 0 Å². The summed E-state index contributed by atoms with van der Waals surface area (Å²) in [6, 6.07) is 7.84. The predicted octanol–water partition coefficient (Wildman–Crippen LogP) is 7.31. The van der Waals surface area contributed by atoms with E-state index in [-0.39, 0.29) is 17.7 Å². The van der Waals surface area contributed by atoms with Crippen molar-refractivity contribution >= 4 is 11.8 Å². The Balaban J connectivity index is 2.47. The van der Waals surface area contributed by atoms with Gasteiger partial charge < -0.3 is 4.74 Å². The lowest BCUT2D eigenvalue weighted by molar-refractivity contribution is -0.145. The first-order chi connectivity index (χ1) is 14.1. The largest absolute Gasteiger partial charge is 0.469 e. The van der Waals surface area contributed by atoms with Crippen molar-refractivity contribution < 1.29 is 14.3 Å². The number of esters is 1. The molecule has 0 radical (unpaired) electrons. The van der Waals surface area contributed by atoms with E-state index in [0.29, 0.717) is 12.8 Å². The highest BCUT2D eigenvalue weighted by atomic mass is 16.5. The fraction of sp³-hybridized carbons (Fsp3) is 0.692. The van der Waals surface area contributed by atoms with Gasteiger partial charge in [-0.3, -0.25) is 9.59 Å². The van der Waals surface area contributed by atoms with E-state index >= 15 is 0 Å². The van der Waals surface area contributed by atoms with Crippen LogP contribution in [0.4, 0.5) is 0 Å².